The number of likely N-dealkylation sites (N-methyl/N-ethyl adjacent to an activating group) is 1. The average molecular weight is 402 g/mol. The van der Waals surface area contributed by atoms with Gasteiger partial charge in [-0.2, -0.15) is 0 Å². The molecule has 1 amide bonds. The van der Waals surface area contributed by atoms with Crippen LogP contribution in [0.3, 0.4) is 0 Å². The zero-order valence-corrected chi connectivity index (χ0v) is 17.2. The summed E-state index contributed by atoms with van der Waals surface area (Å²) in [5.74, 6) is -0.0890. The van der Waals surface area contributed by atoms with Crippen molar-refractivity contribution in [3.8, 4) is 0 Å². The highest BCUT2D eigenvalue weighted by Crippen LogP contribution is 2.28. The summed E-state index contributed by atoms with van der Waals surface area (Å²) in [5.41, 5.74) is 2.37. The van der Waals surface area contributed by atoms with Crippen molar-refractivity contribution in [2.75, 3.05) is 25.5 Å². The first-order valence-electron chi connectivity index (χ1n) is 9.42. The average Bonchev–Trinajstić information content (AvgIpc) is 3.02. The van der Waals surface area contributed by atoms with E-state index in [0.717, 1.165) is 12.1 Å². The Morgan fingerprint density at radius 2 is 1.68 bits per heavy atom. The fraction of sp³-hybridized carbons (Fsp3) is 0.381. The number of nitrogens with zero attached hydrogens (tertiary/aromatic N) is 1. The number of rotatable bonds is 6. The molecule has 0 unspecified atom stereocenters. The quantitative estimate of drug-likeness (QED) is 0.780. The van der Waals surface area contributed by atoms with Crippen LogP contribution in [0.4, 0.5) is 5.69 Å². The van der Waals surface area contributed by atoms with E-state index >= 15 is 0 Å². The number of hydrogen-bond acceptors (Lipinski definition) is 4. The van der Waals surface area contributed by atoms with Gasteiger partial charge in [-0.15, -0.1) is 0 Å². The van der Waals surface area contributed by atoms with Gasteiger partial charge in [0.05, 0.1) is 5.25 Å². The van der Waals surface area contributed by atoms with E-state index < -0.39 is 15.3 Å². The van der Waals surface area contributed by atoms with E-state index in [2.05, 4.69) is 14.9 Å². The van der Waals surface area contributed by atoms with Gasteiger partial charge in [-0.1, -0.05) is 30.3 Å². The lowest BCUT2D eigenvalue weighted by Crippen LogP contribution is -2.42. The first-order valence-corrected chi connectivity index (χ1v) is 11.0. The highest BCUT2D eigenvalue weighted by atomic mass is 32.2. The molecule has 1 aliphatic rings. The number of benzene rings is 2. The molecule has 1 saturated heterocycles. The third-order valence-corrected chi connectivity index (χ3v) is 6.94. The summed E-state index contributed by atoms with van der Waals surface area (Å²) in [6.45, 7) is 4.81. The van der Waals surface area contributed by atoms with Crippen molar-refractivity contribution < 1.29 is 13.2 Å². The molecule has 2 aromatic rings. The number of likely N-dealkylation sites (tertiary alicyclic amines) is 1. The van der Waals surface area contributed by atoms with Crippen molar-refractivity contribution in [3.05, 3.63) is 65.7 Å². The van der Waals surface area contributed by atoms with E-state index in [-0.39, 0.29) is 17.9 Å². The second-order valence-corrected chi connectivity index (χ2v) is 9.86. The van der Waals surface area contributed by atoms with Gasteiger partial charge in [0.25, 0.3) is 5.91 Å². The normalized spacial score (nSPS) is 20.4. The SMILES string of the molecule is CC(C)S(=O)(=O)N[C@@H]1CN(C)C[C@H]1c1ccc(NC(=O)c2ccccc2)cc1. The van der Waals surface area contributed by atoms with Crippen LogP contribution >= 0.6 is 0 Å². The number of nitrogens with one attached hydrogen (secondary N) is 2. The lowest BCUT2D eigenvalue weighted by Gasteiger charge is -2.22. The second kappa shape index (κ2) is 8.43. The molecule has 0 spiro atoms. The third-order valence-electron chi connectivity index (χ3n) is 5.07. The summed E-state index contributed by atoms with van der Waals surface area (Å²) in [6, 6.07) is 16.5. The lowest BCUT2D eigenvalue weighted by atomic mass is 9.95. The largest absolute Gasteiger partial charge is 0.322 e. The van der Waals surface area contributed by atoms with Crippen molar-refractivity contribution in [3.63, 3.8) is 0 Å². The van der Waals surface area contributed by atoms with Crippen LogP contribution in [0.15, 0.2) is 54.6 Å². The molecule has 2 aromatic carbocycles. The first kappa shape index (κ1) is 20.5. The van der Waals surface area contributed by atoms with Gasteiger partial charge >= 0.3 is 0 Å². The summed E-state index contributed by atoms with van der Waals surface area (Å²) in [4.78, 5) is 14.4. The van der Waals surface area contributed by atoms with Gasteiger partial charge in [0.1, 0.15) is 0 Å². The van der Waals surface area contributed by atoms with E-state index in [1.54, 1.807) is 26.0 Å². The molecule has 2 atom stereocenters. The summed E-state index contributed by atoms with van der Waals surface area (Å²) in [6.07, 6.45) is 0. The first-order chi connectivity index (χ1) is 13.3. The predicted octanol–water partition coefficient (Wildman–Crippen LogP) is 2.66. The highest BCUT2D eigenvalue weighted by molar-refractivity contribution is 7.90. The third kappa shape index (κ3) is 4.79. The Morgan fingerprint density at radius 1 is 1.04 bits per heavy atom. The van der Waals surface area contributed by atoms with Crippen molar-refractivity contribution >= 4 is 21.6 Å². The Bertz CT molecular complexity index is 912. The maximum atomic E-state index is 12.3. The molecule has 1 heterocycles. The standard InChI is InChI=1S/C21H27N3O3S/c1-15(2)28(26,27)23-20-14-24(3)13-19(20)16-9-11-18(12-10-16)22-21(25)17-7-5-4-6-8-17/h4-12,15,19-20,23H,13-14H2,1-3H3,(H,22,25)/t19-,20+/m0/s1. The molecule has 150 valence electrons. The molecule has 0 aliphatic carbocycles. The highest BCUT2D eigenvalue weighted by Gasteiger charge is 2.35. The summed E-state index contributed by atoms with van der Waals surface area (Å²) >= 11 is 0. The molecule has 28 heavy (non-hydrogen) atoms. The van der Waals surface area contributed by atoms with Crippen LogP contribution in [0.25, 0.3) is 0 Å². The van der Waals surface area contributed by atoms with Crippen LogP contribution in [0, 0.1) is 0 Å². The van der Waals surface area contributed by atoms with Gasteiger partial charge in [0.15, 0.2) is 0 Å². The van der Waals surface area contributed by atoms with E-state index in [9.17, 15) is 13.2 Å². The molecule has 0 aromatic heterocycles. The molecule has 2 N–H and O–H groups in total. The Kier molecular flexibility index (Phi) is 6.17. The van der Waals surface area contributed by atoms with E-state index in [1.165, 1.54) is 0 Å². The number of amides is 1. The van der Waals surface area contributed by atoms with E-state index in [4.69, 9.17) is 0 Å². The summed E-state index contributed by atoms with van der Waals surface area (Å²) < 4.78 is 27.5. The minimum atomic E-state index is -3.33. The van der Waals surface area contributed by atoms with Crippen LogP contribution in [-0.2, 0) is 10.0 Å². The maximum absolute atomic E-state index is 12.3. The molecule has 6 nitrogen and oxygen atoms in total. The number of carbonyl (C=O) groups is 1. The Morgan fingerprint density at radius 3 is 2.29 bits per heavy atom. The molecule has 0 radical (unpaired) electrons. The van der Waals surface area contributed by atoms with Crippen LogP contribution in [0.2, 0.25) is 0 Å². The van der Waals surface area contributed by atoms with Crippen LogP contribution in [0.1, 0.15) is 35.7 Å². The Hall–Kier alpha value is -2.22. The molecule has 0 bridgehead atoms. The van der Waals surface area contributed by atoms with Crippen molar-refractivity contribution in [1.82, 2.24) is 9.62 Å². The minimum Gasteiger partial charge on any atom is -0.322 e. The lowest BCUT2D eigenvalue weighted by molar-refractivity contribution is 0.102. The molecule has 0 saturated carbocycles. The summed E-state index contributed by atoms with van der Waals surface area (Å²) in [5, 5.41) is 2.43. The van der Waals surface area contributed by atoms with Crippen LogP contribution < -0.4 is 10.0 Å². The van der Waals surface area contributed by atoms with Crippen molar-refractivity contribution in [1.29, 1.82) is 0 Å². The van der Waals surface area contributed by atoms with Crippen LogP contribution in [0.5, 0.6) is 0 Å². The van der Waals surface area contributed by atoms with Gasteiger partial charge in [-0.05, 0) is 50.7 Å². The maximum Gasteiger partial charge on any atom is 0.255 e. The van der Waals surface area contributed by atoms with Gasteiger partial charge < -0.3 is 10.2 Å². The molecule has 7 heteroatoms. The number of hydrogen-bond donors (Lipinski definition) is 2. The molecule has 1 aliphatic heterocycles. The topological polar surface area (TPSA) is 78.5 Å². The molecular weight excluding hydrogens is 374 g/mol. The molecule has 3 rings (SSSR count). The zero-order valence-electron chi connectivity index (χ0n) is 16.4. The van der Waals surface area contributed by atoms with E-state index in [1.807, 2.05) is 49.5 Å². The zero-order chi connectivity index (χ0) is 20.3. The Labute approximate surface area is 167 Å². The van der Waals surface area contributed by atoms with E-state index in [0.29, 0.717) is 17.8 Å². The number of carbonyl (C=O) groups excluding carboxylic acids is 1. The van der Waals surface area contributed by atoms with Crippen molar-refractivity contribution in [2.24, 2.45) is 0 Å². The Balaban J connectivity index is 1.72. The van der Waals surface area contributed by atoms with Crippen LogP contribution in [-0.4, -0.2) is 50.7 Å². The monoisotopic (exact) mass is 401 g/mol. The van der Waals surface area contributed by atoms with Crippen molar-refractivity contribution in [2.45, 2.75) is 31.1 Å². The fourth-order valence-corrected chi connectivity index (χ4v) is 4.34. The predicted molar refractivity (Wildman–Crippen MR) is 112 cm³/mol. The minimum absolute atomic E-state index is 0.0670. The van der Waals surface area contributed by atoms with Gasteiger partial charge in [0, 0.05) is 36.3 Å². The smallest absolute Gasteiger partial charge is 0.255 e. The van der Waals surface area contributed by atoms with Gasteiger partial charge in [-0.3, -0.25) is 4.79 Å². The van der Waals surface area contributed by atoms with Gasteiger partial charge in [-0.25, -0.2) is 13.1 Å². The molecular formula is C21H27N3O3S. The molecule has 1 fully saturated rings. The van der Waals surface area contributed by atoms with Gasteiger partial charge in [0.2, 0.25) is 10.0 Å². The number of anilines is 1. The second-order valence-electron chi connectivity index (χ2n) is 7.59. The summed E-state index contributed by atoms with van der Waals surface area (Å²) in [7, 11) is -1.34. The number of sulfonamides is 1. The fourth-order valence-electron chi connectivity index (χ4n) is 3.41.